The summed E-state index contributed by atoms with van der Waals surface area (Å²) in [4.78, 5) is 14.8. The number of piperidine rings is 1. The minimum absolute atomic E-state index is 0.0861. The van der Waals surface area contributed by atoms with E-state index in [4.69, 9.17) is 4.74 Å². The molecule has 2 aliphatic heterocycles. The van der Waals surface area contributed by atoms with Crippen LogP contribution in [0.1, 0.15) is 40.4 Å². The van der Waals surface area contributed by atoms with Crippen LogP contribution >= 0.6 is 0 Å². The van der Waals surface area contributed by atoms with Gasteiger partial charge in [0, 0.05) is 37.3 Å². The van der Waals surface area contributed by atoms with Gasteiger partial charge in [0.05, 0.1) is 12.2 Å². The number of rotatable bonds is 2. The first-order chi connectivity index (χ1) is 10.8. The summed E-state index contributed by atoms with van der Waals surface area (Å²) in [5, 5.41) is 7.06. The maximum absolute atomic E-state index is 12.9. The molecule has 1 aromatic carbocycles. The van der Waals surface area contributed by atoms with Crippen LogP contribution in [0.15, 0.2) is 30.5 Å². The van der Waals surface area contributed by atoms with Crippen LogP contribution in [0.25, 0.3) is 0 Å². The molecule has 1 saturated heterocycles. The van der Waals surface area contributed by atoms with Crippen LogP contribution in [0.5, 0.6) is 5.75 Å². The Hall–Kier alpha value is -2.30. The SMILES string of the molecule is O=C(c1cccc2c1OCC2)N1CCCC(c2ccn[nH]2)C1. The largest absolute Gasteiger partial charge is 0.492 e. The smallest absolute Gasteiger partial charge is 0.257 e. The third-order valence-electron chi connectivity index (χ3n) is 4.62. The van der Waals surface area contributed by atoms with Gasteiger partial charge in [-0.2, -0.15) is 5.10 Å². The van der Waals surface area contributed by atoms with Crippen molar-refractivity contribution < 1.29 is 9.53 Å². The van der Waals surface area contributed by atoms with E-state index in [1.54, 1.807) is 6.20 Å². The molecular weight excluding hydrogens is 278 g/mol. The van der Waals surface area contributed by atoms with Crippen molar-refractivity contribution in [2.45, 2.75) is 25.2 Å². The molecule has 3 heterocycles. The topological polar surface area (TPSA) is 58.2 Å². The van der Waals surface area contributed by atoms with Gasteiger partial charge in [0.2, 0.25) is 0 Å². The Labute approximate surface area is 129 Å². The van der Waals surface area contributed by atoms with E-state index in [1.807, 2.05) is 29.2 Å². The van der Waals surface area contributed by atoms with Crippen molar-refractivity contribution in [1.82, 2.24) is 15.1 Å². The lowest BCUT2D eigenvalue weighted by atomic mass is 9.94. The molecule has 1 N–H and O–H groups in total. The van der Waals surface area contributed by atoms with E-state index in [2.05, 4.69) is 10.2 Å². The van der Waals surface area contributed by atoms with E-state index in [0.717, 1.165) is 49.4 Å². The average molecular weight is 297 g/mol. The Morgan fingerprint density at radius 2 is 2.32 bits per heavy atom. The molecule has 1 amide bonds. The summed E-state index contributed by atoms with van der Waals surface area (Å²) in [6.07, 6.45) is 4.78. The zero-order chi connectivity index (χ0) is 14.9. The minimum atomic E-state index is 0.0861. The highest BCUT2D eigenvalue weighted by molar-refractivity contribution is 5.97. The van der Waals surface area contributed by atoms with Gasteiger partial charge in [-0.3, -0.25) is 9.89 Å². The van der Waals surface area contributed by atoms with Crippen LogP contribution in [0, 0.1) is 0 Å². The number of carbonyl (C=O) groups is 1. The number of hydrogen-bond acceptors (Lipinski definition) is 3. The third-order valence-corrected chi connectivity index (χ3v) is 4.62. The van der Waals surface area contributed by atoms with Gasteiger partial charge in [0.15, 0.2) is 0 Å². The zero-order valence-corrected chi connectivity index (χ0v) is 12.4. The van der Waals surface area contributed by atoms with E-state index < -0.39 is 0 Å². The predicted molar refractivity (Wildman–Crippen MR) is 82.1 cm³/mol. The highest BCUT2D eigenvalue weighted by Gasteiger charge is 2.29. The van der Waals surface area contributed by atoms with Crippen LogP contribution in [0.2, 0.25) is 0 Å². The monoisotopic (exact) mass is 297 g/mol. The van der Waals surface area contributed by atoms with Crippen LogP contribution in [-0.2, 0) is 6.42 Å². The van der Waals surface area contributed by atoms with Gasteiger partial charge in [0.1, 0.15) is 5.75 Å². The minimum Gasteiger partial charge on any atom is -0.492 e. The lowest BCUT2D eigenvalue weighted by Gasteiger charge is -2.32. The predicted octanol–water partition coefficient (Wildman–Crippen LogP) is 2.36. The summed E-state index contributed by atoms with van der Waals surface area (Å²) in [7, 11) is 0. The number of likely N-dealkylation sites (tertiary alicyclic amines) is 1. The number of para-hydroxylation sites is 1. The van der Waals surface area contributed by atoms with Crippen molar-refractivity contribution in [2.24, 2.45) is 0 Å². The van der Waals surface area contributed by atoms with E-state index >= 15 is 0 Å². The Morgan fingerprint density at radius 3 is 3.18 bits per heavy atom. The average Bonchev–Trinajstić information content (AvgIpc) is 3.25. The van der Waals surface area contributed by atoms with Crippen LogP contribution in [0.4, 0.5) is 0 Å². The molecule has 114 valence electrons. The number of amides is 1. The molecule has 0 aliphatic carbocycles. The summed E-state index contributed by atoms with van der Waals surface area (Å²) in [5.41, 5.74) is 2.97. The quantitative estimate of drug-likeness (QED) is 0.926. The van der Waals surface area contributed by atoms with E-state index in [9.17, 15) is 4.79 Å². The zero-order valence-electron chi connectivity index (χ0n) is 12.4. The van der Waals surface area contributed by atoms with Crippen LogP contribution < -0.4 is 4.74 Å². The number of hydrogen-bond donors (Lipinski definition) is 1. The van der Waals surface area contributed by atoms with Gasteiger partial charge < -0.3 is 9.64 Å². The first kappa shape index (κ1) is 13.4. The summed E-state index contributed by atoms with van der Waals surface area (Å²) >= 11 is 0. The van der Waals surface area contributed by atoms with E-state index in [-0.39, 0.29) is 5.91 Å². The van der Waals surface area contributed by atoms with Crippen molar-refractivity contribution >= 4 is 5.91 Å². The third kappa shape index (κ3) is 2.26. The van der Waals surface area contributed by atoms with Gasteiger partial charge in [0.25, 0.3) is 5.91 Å². The molecule has 1 unspecified atom stereocenters. The van der Waals surface area contributed by atoms with Crippen molar-refractivity contribution in [3.05, 3.63) is 47.3 Å². The Kier molecular flexibility index (Phi) is 3.33. The molecule has 4 rings (SSSR count). The number of ether oxygens (including phenoxy) is 1. The molecule has 1 fully saturated rings. The molecule has 0 saturated carbocycles. The fourth-order valence-electron chi connectivity index (χ4n) is 3.46. The second-order valence-corrected chi connectivity index (χ2v) is 5.99. The number of fused-ring (bicyclic) bond motifs is 1. The molecule has 0 radical (unpaired) electrons. The molecule has 2 aromatic rings. The van der Waals surface area contributed by atoms with E-state index in [0.29, 0.717) is 18.1 Å². The first-order valence-electron chi connectivity index (χ1n) is 7.86. The fraction of sp³-hybridized carbons (Fsp3) is 0.412. The molecule has 2 aliphatic rings. The van der Waals surface area contributed by atoms with Crippen molar-refractivity contribution in [1.29, 1.82) is 0 Å². The van der Waals surface area contributed by atoms with Gasteiger partial charge in [-0.05, 0) is 30.5 Å². The Balaban J connectivity index is 1.57. The maximum Gasteiger partial charge on any atom is 0.257 e. The number of aromatic amines is 1. The van der Waals surface area contributed by atoms with Crippen LogP contribution in [-0.4, -0.2) is 40.7 Å². The molecule has 5 heteroatoms. The number of nitrogens with one attached hydrogen (secondary N) is 1. The standard InChI is InChI=1S/C17H19N3O2/c21-17(14-5-1-3-12-7-10-22-16(12)14)20-9-2-4-13(11-20)15-6-8-18-19-15/h1,3,5-6,8,13H,2,4,7,9-11H2,(H,18,19). The number of H-pyrrole nitrogens is 1. The Morgan fingerprint density at radius 1 is 1.36 bits per heavy atom. The second-order valence-electron chi connectivity index (χ2n) is 5.99. The molecule has 0 bridgehead atoms. The van der Waals surface area contributed by atoms with Gasteiger partial charge in [-0.15, -0.1) is 0 Å². The first-order valence-corrected chi connectivity index (χ1v) is 7.86. The van der Waals surface area contributed by atoms with Gasteiger partial charge in [-0.1, -0.05) is 12.1 Å². The lowest BCUT2D eigenvalue weighted by molar-refractivity contribution is 0.0702. The van der Waals surface area contributed by atoms with Crippen LogP contribution in [0.3, 0.4) is 0 Å². The lowest BCUT2D eigenvalue weighted by Crippen LogP contribution is -2.39. The van der Waals surface area contributed by atoms with Gasteiger partial charge in [-0.25, -0.2) is 0 Å². The normalized spacial score (nSPS) is 20.5. The molecule has 0 spiro atoms. The second kappa shape index (κ2) is 5.48. The van der Waals surface area contributed by atoms with Gasteiger partial charge >= 0.3 is 0 Å². The van der Waals surface area contributed by atoms with Crippen molar-refractivity contribution in [3.8, 4) is 5.75 Å². The van der Waals surface area contributed by atoms with Crippen molar-refractivity contribution in [2.75, 3.05) is 19.7 Å². The number of nitrogens with zero attached hydrogens (tertiary/aromatic N) is 2. The Bertz CT molecular complexity index is 681. The summed E-state index contributed by atoms with van der Waals surface area (Å²) < 4.78 is 5.68. The molecular formula is C17H19N3O2. The highest BCUT2D eigenvalue weighted by atomic mass is 16.5. The molecule has 1 atom stereocenters. The molecule has 22 heavy (non-hydrogen) atoms. The molecule has 1 aromatic heterocycles. The summed E-state index contributed by atoms with van der Waals surface area (Å²) in [6.45, 7) is 2.23. The highest BCUT2D eigenvalue weighted by Crippen LogP contribution is 2.32. The van der Waals surface area contributed by atoms with Crippen molar-refractivity contribution in [3.63, 3.8) is 0 Å². The number of carbonyl (C=O) groups excluding carboxylic acids is 1. The van der Waals surface area contributed by atoms with E-state index in [1.165, 1.54) is 0 Å². The maximum atomic E-state index is 12.9. The fourth-order valence-corrected chi connectivity index (χ4v) is 3.46. The summed E-state index contributed by atoms with van der Waals surface area (Å²) in [5.74, 6) is 1.22. The summed E-state index contributed by atoms with van der Waals surface area (Å²) in [6, 6.07) is 7.88. The number of aromatic nitrogens is 2. The molecule has 5 nitrogen and oxygen atoms in total. The number of benzene rings is 1.